The number of hydrogen-bond donors (Lipinski definition) is 2. The first-order chi connectivity index (χ1) is 10.5. The summed E-state index contributed by atoms with van der Waals surface area (Å²) in [6.07, 6.45) is -0.782. The van der Waals surface area contributed by atoms with Gasteiger partial charge in [0.05, 0.1) is 5.02 Å². The molecule has 0 aliphatic carbocycles. The molecular formula is C14H17ClFN3O3. The molecule has 1 aliphatic heterocycles. The molecule has 120 valence electrons. The van der Waals surface area contributed by atoms with Crippen LogP contribution in [0.3, 0.4) is 0 Å². The number of nitrogens with zero attached hydrogens (tertiary/aromatic N) is 1. The van der Waals surface area contributed by atoms with Crippen molar-refractivity contribution in [2.45, 2.75) is 13.0 Å². The molecule has 22 heavy (non-hydrogen) atoms. The van der Waals surface area contributed by atoms with Crippen LogP contribution >= 0.6 is 11.6 Å². The van der Waals surface area contributed by atoms with E-state index in [4.69, 9.17) is 16.3 Å². The lowest BCUT2D eigenvalue weighted by Crippen LogP contribution is -2.41. The average Bonchev–Trinajstić information content (AvgIpc) is 2.87. The third kappa shape index (κ3) is 4.24. The Hall–Kier alpha value is -2.02. The Balaban J connectivity index is 1.78. The maximum absolute atomic E-state index is 12.9. The van der Waals surface area contributed by atoms with Crippen LogP contribution in [0.4, 0.5) is 9.18 Å². The highest BCUT2D eigenvalue weighted by atomic mass is 35.5. The fraction of sp³-hybridized carbons (Fsp3) is 0.429. The third-order valence-electron chi connectivity index (χ3n) is 3.19. The van der Waals surface area contributed by atoms with Crippen LogP contribution in [0.5, 0.6) is 5.75 Å². The van der Waals surface area contributed by atoms with Gasteiger partial charge < -0.3 is 20.3 Å². The second-order valence-electron chi connectivity index (χ2n) is 4.84. The molecule has 0 saturated carbocycles. The van der Waals surface area contributed by atoms with E-state index in [1.165, 1.54) is 12.1 Å². The van der Waals surface area contributed by atoms with Crippen molar-refractivity contribution in [3.05, 3.63) is 29.0 Å². The minimum Gasteiger partial charge on any atom is -0.479 e. The van der Waals surface area contributed by atoms with Gasteiger partial charge in [-0.3, -0.25) is 4.79 Å². The van der Waals surface area contributed by atoms with E-state index in [0.29, 0.717) is 26.2 Å². The molecule has 1 saturated heterocycles. The van der Waals surface area contributed by atoms with E-state index in [1.54, 1.807) is 11.8 Å². The van der Waals surface area contributed by atoms with Crippen LogP contribution in [0.2, 0.25) is 5.02 Å². The van der Waals surface area contributed by atoms with E-state index in [1.807, 2.05) is 0 Å². The molecular weight excluding hydrogens is 313 g/mol. The smallest absolute Gasteiger partial charge is 0.317 e. The molecule has 0 aromatic heterocycles. The first kappa shape index (κ1) is 16.4. The average molecular weight is 330 g/mol. The number of rotatable bonds is 6. The summed E-state index contributed by atoms with van der Waals surface area (Å²) in [5.74, 6) is -0.567. The van der Waals surface area contributed by atoms with Crippen molar-refractivity contribution in [3.8, 4) is 5.75 Å². The largest absolute Gasteiger partial charge is 0.479 e. The molecule has 2 rings (SSSR count). The number of carbonyl (C=O) groups excluding carboxylic acids is 2. The Morgan fingerprint density at radius 3 is 3.00 bits per heavy atom. The number of urea groups is 1. The van der Waals surface area contributed by atoms with E-state index >= 15 is 0 Å². The predicted octanol–water partition coefficient (Wildman–Crippen LogP) is 1.39. The highest BCUT2D eigenvalue weighted by Gasteiger charge is 2.20. The molecule has 0 spiro atoms. The summed E-state index contributed by atoms with van der Waals surface area (Å²) in [7, 11) is 0. The van der Waals surface area contributed by atoms with Crippen molar-refractivity contribution in [1.82, 2.24) is 15.5 Å². The maximum atomic E-state index is 12.9. The molecule has 2 N–H and O–H groups in total. The van der Waals surface area contributed by atoms with Crippen molar-refractivity contribution in [1.29, 1.82) is 0 Å². The van der Waals surface area contributed by atoms with Crippen LogP contribution in [-0.2, 0) is 4.79 Å². The molecule has 1 fully saturated rings. The topological polar surface area (TPSA) is 70.7 Å². The van der Waals surface area contributed by atoms with Crippen LogP contribution in [0.1, 0.15) is 6.92 Å². The van der Waals surface area contributed by atoms with Gasteiger partial charge in [-0.25, -0.2) is 9.18 Å². The second-order valence-corrected chi connectivity index (χ2v) is 5.25. The summed E-state index contributed by atoms with van der Waals surface area (Å²) in [5, 5.41) is 5.46. The highest BCUT2D eigenvalue weighted by molar-refractivity contribution is 6.32. The Labute approximate surface area is 132 Å². The molecule has 1 aromatic carbocycles. The number of nitrogens with one attached hydrogen (secondary N) is 2. The molecule has 6 nitrogen and oxygen atoms in total. The molecule has 1 atom stereocenters. The van der Waals surface area contributed by atoms with E-state index < -0.39 is 11.9 Å². The van der Waals surface area contributed by atoms with E-state index in [2.05, 4.69) is 10.6 Å². The van der Waals surface area contributed by atoms with Gasteiger partial charge in [-0.15, -0.1) is 0 Å². The Kier molecular flexibility index (Phi) is 5.43. The van der Waals surface area contributed by atoms with Gasteiger partial charge >= 0.3 is 6.03 Å². The van der Waals surface area contributed by atoms with Gasteiger partial charge in [-0.1, -0.05) is 11.6 Å². The fourth-order valence-corrected chi connectivity index (χ4v) is 2.21. The fourth-order valence-electron chi connectivity index (χ4n) is 2.00. The first-order valence-corrected chi connectivity index (χ1v) is 7.27. The van der Waals surface area contributed by atoms with Crippen LogP contribution in [0, 0.1) is 5.82 Å². The number of benzene rings is 1. The second kappa shape index (κ2) is 7.31. The van der Waals surface area contributed by atoms with Gasteiger partial charge in [-0.05, 0) is 25.1 Å². The van der Waals surface area contributed by atoms with Gasteiger partial charge in [0.15, 0.2) is 6.10 Å². The quantitative estimate of drug-likeness (QED) is 0.828. The van der Waals surface area contributed by atoms with Gasteiger partial charge in [0.25, 0.3) is 5.91 Å². The molecule has 1 aromatic rings. The van der Waals surface area contributed by atoms with E-state index in [0.717, 1.165) is 6.07 Å². The zero-order chi connectivity index (χ0) is 16.1. The first-order valence-electron chi connectivity index (χ1n) is 6.89. The van der Waals surface area contributed by atoms with Crippen molar-refractivity contribution >= 4 is 23.5 Å². The summed E-state index contributed by atoms with van der Waals surface area (Å²) < 4.78 is 18.3. The number of halogens is 2. The zero-order valence-corrected chi connectivity index (χ0v) is 12.8. The number of carbonyl (C=O) groups is 2. The summed E-state index contributed by atoms with van der Waals surface area (Å²) in [4.78, 5) is 24.8. The molecule has 0 bridgehead atoms. The summed E-state index contributed by atoms with van der Waals surface area (Å²) in [5.41, 5.74) is 0. The van der Waals surface area contributed by atoms with Crippen LogP contribution < -0.4 is 15.4 Å². The minimum atomic E-state index is -0.782. The lowest BCUT2D eigenvalue weighted by molar-refractivity contribution is -0.127. The Morgan fingerprint density at radius 2 is 2.36 bits per heavy atom. The summed E-state index contributed by atoms with van der Waals surface area (Å²) in [6.45, 7) is 3.58. The molecule has 0 unspecified atom stereocenters. The zero-order valence-electron chi connectivity index (χ0n) is 12.1. The van der Waals surface area contributed by atoms with Crippen molar-refractivity contribution in [2.75, 3.05) is 26.2 Å². The lowest BCUT2D eigenvalue weighted by atomic mass is 10.3. The van der Waals surface area contributed by atoms with Crippen LogP contribution in [0.25, 0.3) is 0 Å². The standard InChI is InChI=1S/C14H17ClFN3O3/c1-9(22-12-3-2-10(16)8-11(12)15)13(20)17-4-6-19-7-5-18-14(19)21/h2-3,8-9H,4-7H2,1H3,(H,17,20)(H,18,21)/t9-/m0/s1. The molecule has 8 heteroatoms. The Bertz CT molecular complexity index is 570. The number of hydrogen-bond acceptors (Lipinski definition) is 3. The monoisotopic (exact) mass is 329 g/mol. The summed E-state index contributed by atoms with van der Waals surface area (Å²) in [6, 6.07) is 3.57. The molecule has 3 amide bonds. The lowest BCUT2D eigenvalue weighted by Gasteiger charge is -2.17. The molecule has 0 radical (unpaired) electrons. The summed E-state index contributed by atoms with van der Waals surface area (Å²) >= 11 is 5.84. The van der Waals surface area contributed by atoms with Crippen molar-refractivity contribution < 1.29 is 18.7 Å². The van der Waals surface area contributed by atoms with Crippen molar-refractivity contribution in [3.63, 3.8) is 0 Å². The maximum Gasteiger partial charge on any atom is 0.317 e. The van der Waals surface area contributed by atoms with E-state index in [9.17, 15) is 14.0 Å². The van der Waals surface area contributed by atoms with Gasteiger partial charge in [0.2, 0.25) is 0 Å². The highest BCUT2D eigenvalue weighted by Crippen LogP contribution is 2.25. The third-order valence-corrected chi connectivity index (χ3v) is 3.49. The number of amides is 3. The van der Waals surface area contributed by atoms with E-state index in [-0.39, 0.29) is 22.7 Å². The van der Waals surface area contributed by atoms with Gasteiger partial charge in [0, 0.05) is 26.2 Å². The van der Waals surface area contributed by atoms with Crippen LogP contribution in [-0.4, -0.2) is 49.1 Å². The Morgan fingerprint density at radius 1 is 1.59 bits per heavy atom. The predicted molar refractivity (Wildman–Crippen MR) is 79.5 cm³/mol. The molecule has 1 aliphatic rings. The van der Waals surface area contributed by atoms with Crippen molar-refractivity contribution in [2.24, 2.45) is 0 Å². The van der Waals surface area contributed by atoms with Gasteiger partial charge in [0.1, 0.15) is 11.6 Å². The van der Waals surface area contributed by atoms with Crippen LogP contribution in [0.15, 0.2) is 18.2 Å². The normalized spacial score (nSPS) is 15.4. The van der Waals surface area contributed by atoms with Gasteiger partial charge in [-0.2, -0.15) is 0 Å². The minimum absolute atomic E-state index is 0.105. The SMILES string of the molecule is C[C@H](Oc1ccc(F)cc1Cl)C(=O)NCCN1CCNC1=O. The number of ether oxygens (including phenoxy) is 1. The molecule has 1 heterocycles.